The number of hydrogen-bond donors (Lipinski definition) is 0. The summed E-state index contributed by atoms with van der Waals surface area (Å²) in [5.74, 6) is -2.45. The Morgan fingerprint density at radius 1 is 0.688 bits per heavy atom. The van der Waals surface area contributed by atoms with Gasteiger partial charge in [-0.3, -0.25) is 9.59 Å². The van der Waals surface area contributed by atoms with E-state index in [9.17, 15) is 19.2 Å². The van der Waals surface area contributed by atoms with Crippen LogP contribution in [0.5, 0.6) is 0 Å². The van der Waals surface area contributed by atoms with Crippen molar-refractivity contribution in [3.8, 4) is 0 Å². The van der Waals surface area contributed by atoms with Gasteiger partial charge in [0.1, 0.15) is 0 Å². The topological polar surface area (TPSA) is 86.7 Å². The average Bonchev–Trinajstić information content (AvgIpc) is 3.40. The zero-order valence-electron chi connectivity index (χ0n) is 16.9. The number of carbonyl (C=O) groups excluding carboxylic acids is 4. The highest BCUT2D eigenvalue weighted by Gasteiger charge is 2.29. The lowest BCUT2D eigenvalue weighted by molar-refractivity contribution is 0.0478. The summed E-state index contributed by atoms with van der Waals surface area (Å²) in [5.41, 5.74) is -0.253. The first-order valence-electron chi connectivity index (χ1n) is 9.39. The van der Waals surface area contributed by atoms with Gasteiger partial charge < -0.3 is 9.47 Å². The van der Waals surface area contributed by atoms with Gasteiger partial charge in [0.2, 0.25) is 11.6 Å². The van der Waals surface area contributed by atoms with E-state index in [1.807, 2.05) is 0 Å². The van der Waals surface area contributed by atoms with E-state index in [1.54, 1.807) is 38.1 Å². The van der Waals surface area contributed by atoms with Crippen LogP contribution in [-0.4, -0.2) is 36.7 Å². The van der Waals surface area contributed by atoms with Crippen molar-refractivity contribution in [2.75, 3.05) is 13.2 Å². The SMILES string of the molecule is CCOC(=O)c1cc(C(=O)c2ccc(Br)s2)c(C(=O)c2ccc(Br)s2)cc1C(=O)OCC. The third kappa shape index (κ3) is 5.25. The van der Waals surface area contributed by atoms with E-state index in [1.165, 1.54) is 34.8 Å². The molecule has 0 aliphatic carbocycles. The zero-order valence-corrected chi connectivity index (χ0v) is 21.7. The molecular formula is C22H16Br2O6S2. The van der Waals surface area contributed by atoms with Gasteiger partial charge in [-0.15, -0.1) is 22.7 Å². The largest absolute Gasteiger partial charge is 0.462 e. The fourth-order valence-corrected chi connectivity index (χ4v) is 5.55. The fraction of sp³-hybridized carbons (Fsp3) is 0.182. The fourth-order valence-electron chi connectivity index (χ4n) is 2.87. The Kier molecular flexibility index (Phi) is 8.16. The minimum Gasteiger partial charge on any atom is -0.462 e. The van der Waals surface area contributed by atoms with Gasteiger partial charge in [-0.25, -0.2) is 9.59 Å². The zero-order chi connectivity index (χ0) is 23.4. The van der Waals surface area contributed by atoms with Crippen molar-refractivity contribution in [2.45, 2.75) is 13.8 Å². The summed E-state index contributed by atoms with van der Waals surface area (Å²) < 4.78 is 11.6. The number of halogens is 2. The molecule has 32 heavy (non-hydrogen) atoms. The molecule has 0 bridgehead atoms. The van der Waals surface area contributed by atoms with E-state index in [2.05, 4.69) is 31.9 Å². The van der Waals surface area contributed by atoms with Gasteiger partial charge in [0.05, 0.1) is 41.7 Å². The third-order valence-electron chi connectivity index (χ3n) is 4.23. The standard InChI is InChI=1S/C22H16Br2O6S2/c1-3-29-21(27)13-9-11(19(25)15-5-7-17(23)31-15)12(10-14(13)22(28)30-4-2)20(26)16-6-8-18(24)32-16/h5-10H,3-4H2,1-2H3. The minimum absolute atomic E-state index is 0.00461. The molecule has 0 atom stereocenters. The van der Waals surface area contributed by atoms with Crippen molar-refractivity contribution in [1.29, 1.82) is 0 Å². The maximum atomic E-state index is 13.3. The van der Waals surface area contributed by atoms with Crippen molar-refractivity contribution in [2.24, 2.45) is 0 Å². The summed E-state index contributed by atoms with van der Waals surface area (Å²) in [4.78, 5) is 52.6. The Balaban J connectivity index is 2.26. The van der Waals surface area contributed by atoms with Crippen LogP contribution in [0.2, 0.25) is 0 Å². The molecule has 0 aliphatic heterocycles. The second-order valence-electron chi connectivity index (χ2n) is 6.25. The third-order valence-corrected chi connectivity index (χ3v) is 7.48. The van der Waals surface area contributed by atoms with E-state index in [4.69, 9.17) is 9.47 Å². The molecule has 6 nitrogen and oxygen atoms in total. The lowest BCUT2D eigenvalue weighted by Gasteiger charge is -2.14. The van der Waals surface area contributed by atoms with Gasteiger partial charge in [-0.2, -0.15) is 0 Å². The quantitative estimate of drug-likeness (QED) is 0.228. The van der Waals surface area contributed by atoms with Gasteiger partial charge in [-0.05, 0) is 82.1 Å². The number of hydrogen-bond acceptors (Lipinski definition) is 8. The Labute approximate surface area is 208 Å². The predicted octanol–water partition coefficient (Wildman–Crippen LogP) is 6.15. The second-order valence-corrected chi connectivity index (χ2v) is 11.2. The lowest BCUT2D eigenvalue weighted by Crippen LogP contribution is -2.19. The van der Waals surface area contributed by atoms with Crippen LogP contribution in [0.1, 0.15) is 65.0 Å². The lowest BCUT2D eigenvalue weighted by atomic mass is 9.92. The van der Waals surface area contributed by atoms with E-state index in [-0.39, 0.29) is 35.5 Å². The van der Waals surface area contributed by atoms with Gasteiger partial charge in [0.15, 0.2) is 0 Å². The van der Waals surface area contributed by atoms with Crippen LogP contribution in [0.25, 0.3) is 0 Å². The van der Waals surface area contributed by atoms with Crippen LogP contribution < -0.4 is 0 Å². The predicted molar refractivity (Wildman–Crippen MR) is 129 cm³/mol. The maximum Gasteiger partial charge on any atom is 0.339 e. The van der Waals surface area contributed by atoms with Crippen LogP contribution in [0.15, 0.2) is 44.0 Å². The van der Waals surface area contributed by atoms with Crippen LogP contribution in [0.4, 0.5) is 0 Å². The van der Waals surface area contributed by atoms with Crippen LogP contribution in [0, 0.1) is 0 Å². The average molecular weight is 600 g/mol. The molecule has 3 rings (SSSR count). The molecule has 0 N–H and O–H groups in total. The molecule has 0 amide bonds. The van der Waals surface area contributed by atoms with Crippen LogP contribution >= 0.6 is 54.5 Å². The van der Waals surface area contributed by atoms with Gasteiger partial charge in [0.25, 0.3) is 0 Å². The molecule has 3 aromatic rings. The number of ether oxygens (including phenoxy) is 2. The molecule has 0 fully saturated rings. The van der Waals surface area contributed by atoms with Crippen molar-refractivity contribution in [3.63, 3.8) is 0 Å². The van der Waals surface area contributed by atoms with Crippen molar-refractivity contribution in [3.05, 3.63) is 76.0 Å². The Morgan fingerprint density at radius 2 is 1.06 bits per heavy atom. The molecule has 0 spiro atoms. The molecule has 2 heterocycles. The number of benzene rings is 1. The highest BCUT2D eigenvalue weighted by atomic mass is 79.9. The Bertz CT molecular complexity index is 1120. The van der Waals surface area contributed by atoms with Crippen molar-refractivity contribution >= 4 is 78.0 Å². The minimum atomic E-state index is -0.783. The smallest absolute Gasteiger partial charge is 0.339 e. The van der Waals surface area contributed by atoms with Gasteiger partial charge in [0, 0.05) is 11.1 Å². The molecule has 10 heteroatoms. The molecule has 1 aromatic carbocycles. The molecule has 0 saturated carbocycles. The summed E-state index contributed by atoms with van der Waals surface area (Å²) in [6, 6.07) is 9.17. The molecule has 2 aromatic heterocycles. The van der Waals surface area contributed by atoms with Crippen LogP contribution in [0.3, 0.4) is 0 Å². The monoisotopic (exact) mass is 598 g/mol. The number of rotatable bonds is 8. The van der Waals surface area contributed by atoms with Gasteiger partial charge >= 0.3 is 11.9 Å². The molecule has 166 valence electrons. The normalized spacial score (nSPS) is 10.6. The van der Waals surface area contributed by atoms with Crippen LogP contribution in [-0.2, 0) is 9.47 Å². The van der Waals surface area contributed by atoms with E-state index >= 15 is 0 Å². The first-order valence-corrected chi connectivity index (χ1v) is 12.6. The highest BCUT2D eigenvalue weighted by molar-refractivity contribution is 9.11. The molecule has 0 aliphatic rings. The summed E-state index contributed by atoms with van der Waals surface area (Å²) >= 11 is 9.05. The first-order chi connectivity index (χ1) is 15.3. The maximum absolute atomic E-state index is 13.3. The number of ketones is 2. The molecule has 0 radical (unpaired) electrons. The summed E-state index contributed by atoms with van der Waals surface area (Å²) in [7, 11) is 0. The summed E-state index contributed by atoms with van der Waals surface area (Å²) in [5, 5.41) is 0. The molecule has 0 saturated heterocycles. The molecule has 0 unspecified atom stereocenters. The first kappa shape index (κ1) is 24.5. The Hall–Kier alpha value is -2.14. The highest BCUT2D eigenvalue weighted by Crippen LogP contribution is 2.31. The molecular weight excluding hydrogens is 584 g/mol. The summed E-state index contributed by atoms with van der Waals surface area (Å²) in [6.07, 6.45) is 0. The second kappa shape index (κ2) is 10.7. The van der Waals surface area contributed by atoms with E-state index in [0.29, 0.717) is 9.75 Å². The van der Waals surface area contributed by atoms with Crippen molar-refractivity contribution < 1.29 is 28.7 Å². The number of carbonyl (C=O) groups is 4. The number of esters is 2. The van der Waals surface area contributed by atoms with Crippen molar-refractivity contribution in [1.82, 2.24) is 0 Å². The van der Waals surface area contributed by atoms with Gasteiger partial charge in [-0.1, -0.05) is 0 Å². The van der Waals surface area contributed by atoms with E-state index < -0.39 is 23.5 Å². The number of thiophene rings is 2. The summed E-state index contributed by atoms with van der Waals surface area (Å²) in [6.45, 7) is 3.41. The van der Waals surface area contributed by atoms with E-state index in [0.717, 1.165) is 7.57 Å². The Morgan fingerprint density at radius 3 is 1.34 bits per heavy atom.